The number of nitrogens with one attached hydrogen (secondary N) is 1. The van der Waals surface area contributed by atoms with Crippen molar-refractivity contribution < 1.29 is 28.6 Å². The first-order valence-electron chi connectivity index (χ1n) is 13.0. The van der Waals surface area contributed by atoms with Gasteiger partial charge in [0.15, 0.2) is 0 Å². The first kappa shape index (κ1) is 26.9. The number of benzene rings is 3. The molecule has 1 amide bonds. The predicted molar refractivity (Wildman–Crippen MR) is 144 cm³/mol. The van der Waals surface area contributed by atoms with Crippen molar-refractivity contribution in [3.63, 3.8) is 0 Å². The molecular formula is C31H33NO6. The zero-order valence-electron chi connectivity index (χ0n) is 21.6. The van der Waals surface area contributed by atoms with Gasteiger partial charge in [0.2, 0.25) is 0 Å². The molecule has 38 heavy (non-hydrogen) atoms. The second-order valence-electron chi connectivity index (χ2n) is 9.38. The number of rotatable bonds is 10. The number of carbonyl (C=O) groups excluding carboxylic acids is 3. The number of ether oxygens (including phenoxy) is 3. The molecule has 0 unspecified atom stereocenters. The Balaban J connectivity index is 1.42. The van der Waals surface area contributed by atoms with Gasteiger partial charge in [-0.1, -0.05) is 61.0 Å². The normalized spacial score (nSPS) is 14.2. The van der Waals surface area contributed by atoms with Crippen LogP contribution >= 0.6 is 0 Å². The highest BCUT2D eigenvalue weighted by Crippen LogP contribution is 2.22. The van der Waals surface area contributed by atoms with Gasteiger partial charge in [0.25, 0.3) is 5.91 Å². The fourth-order valence-corrected chi connectivity index (χ4v) is 4.44. The molecule has 0 heterocycles. The van der Waals surface area contributed by atoms with Crippen molar-refractivity contribution in [1.82, 2.24) is 5.32 Å². The molecule has 1 saturated carbocycles. The Kier molecular flexibility index (Phi) is 9.51. The average molecular weight is 516 g/mol. The summed E-state index contributed by atoms with van der Waals surface area (Å²) in [6, 6.07) is 22.8. The summed E-state index contributed by atoms with van der Waals surface area (Å²) in [7, 11) is 1.57. The second-order valence-corrected chi connectivity index (χ2v) is 9.38. The number of hydrogen-bond donors (Lipinski definition) is 1. The van der Waals surface area contributed by atoms with Gasteiger partial charge in [0.1, 0.15) is 24.5 Å². The van der Waals surface area contributed by atoms with E-state index in [0.717, 1.165) is 48.8 Å². The lowest BCUT2D eigenvalue weighted by Crippen LogP contribution is -2.43. The van der Waals surface area contributed by atoms with Crippen molar-refractivity contribution in [3.8, 4) is 16.9 Å². The van der Waals surface area contributed by atoms with E-state index in [0.29, 0.717) is 11.3 Å². The molecule has 3 aromatic rings. The number of esters is 2. The first-order valence-corrected chi connectivity index (χ1v) is 13.0. The molecule has 1 fully saturated rings. The van der Waals surface area contributed by atoms with Crippen molar-refractivity contribution in [2.75, 3.05) is 7.11 Å². The van der Waals surface area contributed by atoms with E-state index in [4.69, 9.17) is 14.2 Å². The van der Waals surface area contributed by atoms with Crippen molar-refractivity contribution in [2.24, 2.45) is 0 Å². The lowest BCUT2D eigenvalue weighted by atomic mass is 9.98. The SMILES string of the molecule is COc1ccc(COC(=O)[C@H](CC(=O)OC2CCCCC2)NC(=O)c2ccc(-c3ccccc3)cc2)cc1. The Bertz CT molecular complexity index is 1200. The van der Waals surface area contributed by atoms with Crippen molar-refractivity contribution in [1.29, 1.82) is 0 Å². The van der Waals surface area contributed by atoms with E-state index in [9.17, 15) is 14.4 Å². The number of amides is 1. The van der Waals surface area contributed by atoms with E-state index >= 15 is 0 Å². The Hall–Kier alpha value is -4.13. The van der Waals surface area contributed by atoms with Gasteiger partial charge in [0, 0.05) is 5.56 Å². The van der Waals surface area contributed by atoms with Crippen LogP contribution in [-0.2, 0) is 25.7 Å². The molecule has 198 valence electrons. The number of methoxy groups -OCH3 is 1. The van der Waals surface area contributed by atoms with E-state index in [1.165, 1.54) is 0 Å². The third-order valence-electron chi connectivity index (χ3n) is 6.61. The molecule has 0 radical (unpaired) electrons. The monoisotopic (exact) mass is 515 g/mol. The van der Waals surface area contributed by atoms with Gasteiger partial charge < -0.3 is 19.5 Å². The van der Waals surface area contributed by atoms with Crippen LogP contribution in [-0.4, -0.2) is 37.1 Å². The number of hydrogen-bond acceptors (Lipinski definition) is 6. The molecule has 1 aliphatic rings. The zero-order valence-corrected chi connectivity index (χ0v) is 21.6. The molecule has 7 nitrogen and oxygen atoms in total. The molecule has 1 N–H and O–H groups in total. The van der Waals surface area contributed by atoms with Crippen molar-refractivity contribution in [3.05, 3.63) is 90.0 Å². The molecule has 0 saturated heterocycles. The smallest absolute Gasteiger partial charge is 0.329 e. The lowest BCUT2D eigenvalue weighted by molar-refractivity contribution is -0.157. The van der Waals surface area contributed by atoms with Gasteiger partial charge in [-0.25, -0.2) is 4.79 Å². The average Bonchev–Trinajstić information content (AvgIpc) is 2.97. The van der Waals surface area contributed by atoms with Crippen LogP contribution < -0.4 is 10.1 Å². The maximum atomic E-state index is 13.0. The molecule has 3 aromatic carbocycles. The lowest BCUT2D eigenvalue weighted by Gasteiger charge is -2.23. The van der Waals surface area contributed by atoms with Crippen LogP contribution in [0, 0.1) is 0 Å². The molecular weight excluding hydrogens is 482 g/mol. The maximum absolute atomic E-state index is 13.0. The van der Waals surface area contributed by atoms with Crippen LogP contribution in [0.4, 0.5) is 0 Å². The van der Waals surface area contributed by atoms with Gasteiger partial charge in [-0.05, 0) is 66.6 Å². The minimum Gasteiger partial charge on any atom is -0.497 e. The molecule has 1 aliphatic carbocycles. The Morgan fingerprint density at radius 3 is 2.16 bits per heavy atom. The summed E-state index contributed by atoms with van der Waals surface area (Å²) in [6.07, 6.45) is 4.35. The van der Waals surface area contributed by atoms with Crippen LogP contribution in [0.3, 0.4) is 0 Å². The minimum atomic E-state index is -1.18. The molecule has 1 atom stereocenters. The van der Waals surface area contributed by atoms with E-state index in [1.807, 2.05) is 42.5 Å². The number of carbonyl (C=O) groups is 3. The van der Waals surface area contributed by atoms with Gasteiger partial charge in [-0.2, -0.15) is 0 Å². The largest absolute Gasteiger partial charge is 0.497 e. The minimum absolute atomic E-state index is 0.00135. The zero-order chi connectivity index (χ0) is 26.7. The Morgan fingerprint density at radius 1 is 0.842 bits per heavy atom. The molecule has 0 bridgehead atoms. The second kappa shape index (κ2) is 13.4. The van der Waals surface area contributed by atoms with Gasteiger partial charge in [-0.15, -0.1) is 0 Å². The van der Waals surface area contributed by atoms with Crippen LogP contribution in [0.15, 0.2) is 78.9 Å². The summed E-state index contributed by atoms with van der Waals surface area (Å²) < 4.78 is 16.2. The molecule has 0 aliphatic heterocycles. The summed E-state index contributed by atoms with van der Waals surface area (Å²) in [4.78, 5) is 38.7. The summed E-state index contributed by atoms with van der Waals surface area (Å²) >= 11 is 0. The van der Waals surface area contributed by atoms with Crippen molar-refractivity contribution >= 4 is 17.8 Å². The van der Waals surface area contributed by atoms with E-state index in [2.05, 4.69) is 5.32 Å². The molecule has 7 heteroatoms. The summed E-state index contributed by atoms with van der Waals surface area (Å²) in [5.74, 6) is -1.01. The van der Waals surface area contributed by atoms with Crippen molar-refractivity contribution in [2.45, 2.75) is 57.3 Å². The summed E-state index contributed by atoms with van der Waals surface area (Å²) in [6.45, 7) is -0.00135. The van der Waals surface area contributed by atoms with Crippen LogP contribution in [0.1, 0.15) is 54.4 Å². The quantitative estimate of drug-likeness (QED) is 0.360. The predicted octanol–water partition coefficient (Wildman–Crippen LogP) is 5.47. The Morgan fingerprint density at radius 2 is 1.50 bits per heavy atom. The van der Waals surface area contributed by atoms with E-state index in [-0.39, 0.29) is 19.1 Å². The van der Waals surface area contributed by atoms with Crippen LogP contribution in [0.5, 0.6) is 5.75 Å². The highest BCUT2D eigenvalue weighted by Gasteiger charge is 2.28. The first-order chi connectivity index (χ1) is 18.5. The molecule has 0 spiro atoms. The highest BCUT2D eigenvalue weighted by molar-refractivity contribution is 5.98. The van der Waals surface area contributed by atoms with Crippen LogP contribution in [0.2, 0.25) is 0 Å². The summed E-state index contributed by atoms with van der Waals surface area (Å²) in [5.41, 5.74) is 3.13. The topological polar surface area (TPSA) is 90.9 Å². The third kappa shape index (κ3) is 7.68. The van der Waals surface area contributed by atoms with Gasteiger partial charge in [0.05, 0.1) is 13.5 Å². The van der Waals surface area contributed by atoms with E-state index in [1.54, 1.807) is 43.5 Å². The fraction of sp³-hybridized carbons (Fsp3) is 0.323. The Labute approximate surface area is 223 Å². The standard InChI is InChI=1S/C31H33NO6/c1-36-26-18-12-22(13-19-26)21-37-31(35)28(20-29(33)38-27-10-6-3-7-11-27)32-30(34)25-16-14-24(15-17-25)23-8-4-2-5-9-23/h2,4-5,8-9,12-19,27-28H,3,6-7,10-11,20-21H2,1H3,(H,32,34)/t28-/m0/s1. The molecule has 0 aromatic heterocycles. The fourth-order valence-electron chi connectivity index (χ4n) is 4.44. The highest BCUT2D eigenvalue weighted by atomic mass is 16.5. The van der Waals surface area contributed by atoms with E-state index < -0.39 is 23.9 Å². The molecule has 4 rings (SSSR count). The summed E-state index contributed by atoms with van der Waals surface area (Å²) in [5, 5.41) is 2.68. The van der Waals surface area contributed by atoms with Crippen LogP contribution in [0.25, 0.3) is 11.1 Å². The maximum Gasteiger partial charge on any atom is 0.329 e. The van der Waals surface area contributed by atoms with Gasteiger partial charge >= 0.3 is 11.9 Å². The van der Waals surface area contributed by atoms with Gasteiger partial charge in [-0.3, -0.25) is 9.59 Å². The third-order valence-corrected chi connectivity index (χ3v) is 6.61.